The van der Waals surface area contributed by atoms with Gasteiger partial charge in [0.25, 0.3) is 10.0 Å². The lowest BCUT2D eigenvalue weighted by Gasteiger charge is -2.33. The topological polar surface area (TPSA) is 96.0 Å². The van der Waals surface area contributed by atoms with E-state index < -0.39 is 34.3 Å². The van der Waals surface area contributed by atoms with Gasteiger partial charge in [0, 0.05) is 17.5 Å². The molecule has 226 valence electrons. The average Bonchev–Trinajstić information content (AvgIpc) is 2.99. The van der Waals surface area contributed by atoms with Crippen molar-refractivity contribution in [3.05, 3.63) is 84.2 Å². The molecule has 11 heteroatoms. The smallest absolute Gasteiger partial charge is 0.264 e. The van der Waals surface area contributed by atoms with Crippen molar-refractivity contribution in [2.45, 2.75) is 62.5 Å². The Morgan fingerprint density at radius 3 is 2.21 bits per heavy atom. The maximum Gasteiger partial charge on any atom is 0.264 e. The highest BCUT2D eigenvalue weighted by molar-refractivity contribution is 7.98. The Morgan fingerprint density at radius 1 is 0.976 bits per heavy atom. The van der Waals surface area contributed by atoms with E-state index in [-0.39, 0.29) is 35.7 Å². The van der Waals surface area contributed by atoms with E-state index in [1.807, 2.05) is 20.1 Å². The van der Waals surface area contributed by atoms with Gasteiger partial charge in [0.1, 0.15) is 24.2 Å². The molecule has 0 aliphatic rings. The standard InChI is InChI=1S/C31H38FN3O5S2/c1-6-22(3)33-31(37)23(4)34(20-24-12-14-25(32)15-13-24)30(36)21-35(28-10-8-9-11-29(28)40-7-2)42(38,39)27-18-16-26(41-5)17-19-27/h8-19,22-23H,6-7,20-21H2,1-5H3,(H,33,37)/t22-,23-/m1/s1. The fourth-order valence-corrected chi connectivity index (χ4v) is 6.00. The number of nitrogens with zero attached hydrogens (tertiary/aromatic N) is 2. The summed E-state index contributed by atoms with van der Waals surface area (Å²) in [5.41, 5.74) is 0.782. The number of halogens is 1. The minimum atomic E-state index is -4.25. The van der Waals surface area contributed by atoms with Crippen LogP contribution in [0.25, 0.3) is 0 Å². The van der Waals surface area contributed by atoms with Gasteiger partial charge in [-0.15, -0.1) is 11.8 Å². The van der Waals surface area contributed by atoms with E-state index in [9.17, 15) is 22.4 Å². The number of benzene rings is 3. The minimum Gasteiger partial charge on any atom is -0.492 e. The lowest BCUT2D eigenvalue weighted by molar-refractivity contribution is -0.139. The Hall–Kier alpha value is -3.57. The summed E-state index contributed by atoms with van der Waals surface area (Å²) in [5.74, 6) is -1.13. The van der Waals surface area contributed by atoms with Crippen LogP contribution in [0.15, 0.2) is 82.6 Å². The van der Waals surface area contributed by atoms with Crippen molar-refractivity contribution in [3.63, 3.8) is 0 Å². The molecule has 8 nitrogen and oxygen atoms in total. The molecule has 3 aromatic carbocycles. The van der Waals surface area contributed by atoms with Crippen LogP contribution in [-0.4, -0.2) is 56.6 Å². The number of amides is 2. The van der Waals surface area contributed by atoms with Crippen LogP contribution in [0.3, 0.4) is 0 Å². The molecule has 3 rings (SSSR count). The summed E-state index contributed by atoms with van der Waals surface area (Å²) in [5, 5.41) is 2.89. The summed E-state index contributed by atoms with van der Waals surface area (Å²) >= 11 is 1.48. The van der Waals surface area contributed by atoms with Crippen molar-refractivity contribution in [2.24, 2.45) is 0 Å². The number of hydrogen-bond acceptors (Lipinski definition) is 6. The molecule has 0 aliphatic carbocycles. The number of rotatable bonds is 14. The molecular weight excluding hydrogens is 577 g/mol. The third-order valence-corrected chi connectivity index (χ3v) is 9.31. The second-order valence-corrected chi connectivity index (χ2v) is 12.5. The molecule has 42 heavy (non-hydrogen) atoms. The highest BCUT2D eigenvalue weighted by Gasteiger charge is 2.34. The van der Waals surface area contributed by atoms with Crippen molar-refractivity contribution in [1.82, 2.24) is 10.2 Å². The maximum atomic E-state index is 14.1. The van der Waals surface area contributed by atoms with E-state index in [4.69, 9.17) is 4.74 Å². The van der Waals surface area contributed by atoms with Gasteiger partial charge in [-0.2, -0.15) is 0 Å². The molecule has 0 bridgehead atoms. The highest BCUT2D eigenvalue weighted by atomic mass is 32.2. The van der Waals surface area contributed by atoms with Gasteiger partial charge in [0.2, 0.25) is 11.8 Å². The summed E-state index contributed by atoms with van der Waals surface area (Å²) in [7, 11) is -4.25. The van der Waals surface area contributed by atoms with Crippen LogP contribution in [0.1, 0.15) is 39.7 Å². The first-order chi connectivity index (χ1) is 20.0. The van der Waals surface area contributed by atoms with Crippen LogP contribution in [0.5, 0.6) is 5.75 Å². The summed E-state index contributed by atoms with van der Waals surface area (Å²) in [4.78, 5) is 29.4. The van der Waals surface area contributed by atoms with Crippen molar-refractivity contribution in [3.8, 4) is 5.75 Å². The van der Waals surface area contributed by atoms with Crippen molar-refractivity contribution < 1.29 is 27.1 Å². The van der Waals surface area contributed by atoms with Crippen LogP contribution in [0.2, 0.25) is 0 Å². The van der Waals surface area contributed by atoms with Gasteiger partial charge < -0.3 is 15.0 Å². The largest absolute Gasteiger partial charge is 0.492 e. The number of carbonyl (C=O) groups excluding carboxylic acids is 2. The molecule has 2 amide bonds. The zero-order valence-corrected chi connectivity index (χ0v) is 26.2. The first-order valence-corrected chi connectivity index (χ1v) is 16.4. The fourth-order valence-electron chi connectivity index (χ4n) is 4.16. The monoisotopic (exact) mass is 615 g/mol. The van der Waals surface area contributed by atoms with Crippen LogP contribution in [0.4, 0.5) is 10.1 Å². The summed E-state index contributed by atoms with van der Waals surface area (Å²) in [6.07, 6.45) is 2.58. The molecule has 0 saturated carbocycles. The predicted molar refractivity (Wildman–Crippen MR) is 165 cm³/mol. The molecule has 0 heterocycles. The molecule has 0 radical (unpaired) electrons. The average molecular weight is 616 g/mol. The summed E-state index contributed by atoms with van der Waals surface area (Å²) in [6.45, 7) is 6.82. The van der Waals surface area contributed by atoms with Crippen LogP contribution in [0, 0.1) is 5.82 Å². The Kier molecular flexibility index (Phi) is 11.8. The molecule has 0 spiro atoms. The van der Waals surface area contributed by atoms with E-state index >= 15 is 0 Å². The molecule has 0 fully saturated rings. The maximum absolute atomic E-state index is 14.1. The summed E-state index contributed by atoms with van der Waals surface area (Å²) in [6, 6.07) is 17.6. The molecule has 2 atom stereocenters. The SMILES string of the molecule is CCOc1ccccc1N(CC(=O)N(Cc1ccc(F)cc1)[C@H](C)C(=O)N[C@H](C)CC)S(=O)(=O)c1ccc(SC)cc1. The number of thioether (sulfide) groups is 1. The summed E-state index contributed by atoms with van der Waals surface area (Å²) < 4.78 is 48.6. The highest BCUT2D eigenvalue weighted by Crippen LogP contribution is 2.33. The Bertz CT molecular complexity index is 1450. The van der Waals surface area contributed by atoms with Gasteiger partial charge in [0.15, 0.2) is 0 Å². The van der Waals surface area contributed by atoms with Crippen molar-refractivity contribution in [1.29, 1.82) is 0 Å². The van der Waals surface area contributed by atoms with Crippen molar-refractivity contribution in [2.75, 3.05) is 23.7 Å². The van der Waals surface area contributed by atoms with E-state index in [1.165, 1.54) is 53.1 Å². The number of ether oxygens (including phenoxy) is 1. The second-order valence-electron chi connectivity index (χ2n) is 9.73. The minimum absolute atomic E-state index is 0.00653. The van der Waals surface area contributed by atoms with Crippen LogP contribution in [-0.2, 0) is 26.2 Å². The van der Waals surface area contributed by atoms with E-state index in [1.54, 1.807) is 50.2 Å². The number of para-hydroxylation sites is 2. The van der Waals surface area contributed by atoms with Gasteiger partial charge in [-0.3, -0.25) is 13.9 Å². The van der Waals surface area contributed by atoms with Crippen LogP contribution >= 0.6 is 11.8 Å². The van der Waals surface area contributed by atoms with Crippen LogP contribution < -0.4 is 14.4 Å². The molecule has 0 unspecified atom stereocenters. The van der Waals surface area contributed by atoms with Gasteiger partial charge >= 0.3 is 0 Å². The van der Waals surface area contributed by atoms with Gasteiger partial charge in [-0.1, -0.05) is 31.2 Å². The molecular formula is C31H38FN3O5S2. The molecule has 0 aliphatic heterocycles. The molecule has 3 aromatic rings. The number of carbonyl (C=O) groups is 2. The normalized spacial score (nSPS) is 12.7. The number of nitrogens with one attached hydrogen (secondary N) is 1. The molecule has 1 N–H and O–H groups in total. The lowest BCUT2D eigenvalue weighted by Crippen LogP contribution is -2.52. The third-order valence-electron chi connectivity index (χ3n) is 6.79. The Labute approximate surface area is 252 Å². The van der Waals surface area contributed by atoms with E-state index in [0.29, 0.717) is 17.7 Å². The molecule has 0 aromatic heterocycles. The van der Waals surface area contributed by atoms with Gasteiger partial charge in [-0.05, 0) is 87.5 Å². The fraction of sp³-hybridized carbons (Fsp3) is 0.355. The van der Waals surface area contributed by atoms with Gasteiger partial charge in [0.05, 0.1) is 17.2 Å². The molecule has 0 saturated heterocycles. The predicted octanol–water partition coefficient (Wildman–Crippen LogP) is 5.47. The van der Waals surface area contributed by atoms with E-state index in [0.717, 1.165) is 9.20 Å². The quantitative estimate of drug-likeness (QED) is 0.242. The first kappa shape index (κ1) is 32.9. The van der Waals surface area contributed by atoms with E-state index in [2.05, 4.69) is 5.32 Å². The zero-order valence-electron chi connectivity index (χ0n) is 24.5. The number of anilines is 1. The first-order valence-electron chi connectivity index (χ1n) is 13.7. The number of sulfonamides is 1. The van der Waals surface area contributed by atoms with Crippen molar-refractivity contribution >= 4 is 39.3 Å². The second kappa shape index (κ2) is 15.1. The Morgan fingerprint density at radius 2 is 1.62 bits per heavy atom. The lowest BCUT2D eigenvalue weighted by atomic mass is 10.1. The number of hydrogen-bond donors (Lipinski definition) is 1. The Balaban J connectivity index is 2.07. The zero-order chi connectivity index (χ0) is 30.9. The third kappa shape index (κ3) is 8.25. The van der Waals surface area contributed by atoms with Gasteiger partial charge in [-0.25, -0.2) is 12.8 Å².